The summed E-state index contributed by atoms with van der Waals surface area (Å²) in [6.07, 6.45) is 4.11. The van der Waals surface area contributed by atoms with Crippen LogP contribution >= 0.6 is 0 Å². The predicted molar refractivity (Wildman–Crippen MR) is 90.2 cm³/mol. The molecule has 1 unspecified atom stereocenters. The van der Waals surface area contributed by atoms with E-state index in [1.54, 1.807) is 42.5 Å². The fourth-order valence-electron chi connectivity index (χ4n) is 2.45. The molecule has 1 atom stereocenters. The van der Waals surface area contributed by atoms with Crippen molar-refractivity contribution in [2.24, 2.45) is 7.05 Å². The van der Waals surface area contributed by atoms with Crippen molar-refractivity contribution in [3.63, 3.8) is 0 Å². The molecule has 122 valence electrons. The van der Waals surface area contributed by atoms with Gasteiger partial charge in [0.25, 0.3) is 5.91 Å². The van der Waals surface area contributed by atoms with Crippen LogP contribution < -0.4 is 5.32 Å². The minimum Gasteiger partial charge on any atom is -0.387 e. The Morgan fingerprint density at radius 1 is 1.21 bits per heavy atom. The van der Waals surface area contributed by atoms with Gasteiger partial charge in [-0.1, -0.05) is 30.3 Å². The van der Waals surface area contributed by atoms with Crippen molar-refractivity contribution in [2.45, 2.75) is 6.10 Å². The number of nitrogens with zero attached hydrogens (tertiary/aromatic N) is 3. The summed E-state index contributed by atoms with van der Waals surface area (Å²) in [7, 11) is 1.77. The van der Waals surface area contributed by atoms with Crippen molar-refractivity contribution in [2.75, 3.05) is 6.54 Å². The summed E-state index contributed by atoms with van der Waals surface area (Å²) in [5.74, 6) is -0.268. The van der Waals surface area contributed by atoms with E-state index in [1.807, 2.05) is 30.3 Å². The lowest BCUT2D eigenvalue weighted by atomic mass is 10.1. The minimum absolute atomic E-state index is 0.117. The molecule has 24 heavy (non-hydrogen) atoms. The lowest BCUT2D eigenvalue weighted by Gasteiger charge is -2.12. The Labute approximate surface area is 139 Å². The Balaban J connectivity index is 1.74. The molecule has 0 radical (unpaired) electrons. The maximum absolute atomic E-state index is 12.5. The van der Waals surface area contributed by atoms with E-state index in [0.29, 0.717) is 16.8 Å². The molecule has 2 heterocycles. The van der Waals surface area contributed by atoms with Crippen molar-refractivity contribution in [3.05, 3.63) is 72.2 Å². The first kappa shape index (κ1) is 15.9. The number of pyridine rings is 1. The molecule has 0 aliphatic heterocycles. The van der Waals surface area contributed by atoms with Gasteiger partial charge in [0.15, 0.2) is 0 Å². The highest BCUT2D eigenvalue weighted by Gasteiger charge is 2.18. The Bertz CT molecular complexity index is 816. The number of carbonyl (C=O) groups is 1. The lowest BCUT2D eigenvalue weighted by molar-refractivity contribution is 0.0917. The molecule has 1 amide bonds. The van der Waals surface area contributed by atoms with Gasteiger partial charge in [-0.3, -0.25) is 14.5 Å². The summed E-state index contributed by atoms with van der Waals surface area (Å²) in [5.41, 5.74) is 2.68. The molecule has 0 fully saturated rings. The van der Waals surface area contributed by atoms with Crippen LogP contribution in [0.4, 0.5) is 0 Å². The van der Waals surface area contributed by atoms with Crippen LogP contribution in [0.15, 0.2) is 61.1 Å². The third kappa shape index (κ3) is 3.49. The number of hydrogen-bond donors (Lipinski definition) is 2. The Hall–Kier alpha value is -2.99. The highest BCUT2D eigenvalue weighted by atomic mass is 16.3. The quantitative estimate of drug-likeness (QED) is 0.752. The summed E-state index contributed by atoms with van der Waals surface area (Å²) in [5, 5.41) is 17.3. The van der Waals surface area contributed by atoms with E-state index in [9.17, 15) is 9.90 Å². The van der Waals surface area contributed by atoms with Gasteiger partial charge in [-0.05, 0) is 17.7 Å². The molecular formula is C18H18N4O2. The Morgan fingerprint density at radius 2 is 1.92 bits per heavy atom. The maximum atomic E-state index is 12.5. The summed E-state index contributed by atoms with van der Waals surface area (Å²) in [6.45, 7) is 0.117. The molecule has 1 aromatic carbocycles. The second-order valence-electron chi connectivity index (χ2n) is 5.44. The second kappa shape index (κ2) is 7.06. The van der Waals surface area contributed by atoms with Crippen LogP contribution in [0, 0.1) is 0 Å². The first-order valence-corrected chi connectivity index (χ1v) is 7.60. The van der Waals surface area contributed by atoms with E-state index < -0.39 is 6.10 Å². The van der Waals surface area contributed by atoms with Crippen LogP contribution in [0.2, 0.25) is 0 Å². The fourth-order valence-corrected chi connectivity index (χ4v) is 2.45. The standard InChI is InChI=1S/C18H18N4O2/c1-22-12-15(17(21-22)14-5-3-2-4-6-14)18(24)20-11-16(23)13-7-9-19-10-8-13/h2-10,12,16,23H,11H2,1H3,(H,20,24). The smallest absolute Gasteiger partial charge is 0.255 e. The van der Waals surface area contributed by atoms with Gasteiger partial charge in [0.1, 0.15) is 5.69 Å². The first-order valence-electron chi connectivity index (χ1n) is 7.60. The number of aliphatic hydroxyl groups excluding tert-OH is 1. The van der Waals surface area contributed by atoms with Crippen molar-refractivity contribution in [1.29, 1.82) is 0 Å². The average Bonchev–Trinajstić information content (AvgIpc) is 3.03. The molecule has 2 aromatic heterocycles. The van der Waals surface area contributed by atoms with Crippen LogP contribution in [0.5, 0.6) is 0 Å². The van der Waals surface area contributed by atoms with Crippen LogP contribution in [0.1, 0.15) is 22.0 Å². The molecule has 2 N–H and O–H groups in total. The zero-order valence-electron chi connectivity index (χ0n) is 13.3. The van der Waals surface area contributed by atoms with E-state index in [4.69, 9.17) is 0 Å². The molecule has 6 nitrogen and oxygen atoms in total. The van der Waals surface area contributed by atoms with Gasteiger partial charge in [0.2, 0.25) is 0 Å². The third-order valence-electron chi connectivity index (χ3n) is 3.67. The first-order chi connectivity index (χ1) is 11.6. The fraction of sp³-hybridized carbons (Fsp3) is 0.167. The molecule has 0 saturated carbocycles. The third-order valence-corrected chi connectivity index (χ3v) is 3.67. The lowest BCUT2D eigenvalue weighted by Crippen LogP contribution is -2.28. The Kier molecular flexibility index (Phi) is 4.67. The van der Waals surface area contributed by atoms with Crippen molar-refractivity contribution in [3.8, 4) is 11.3 Å². The van der Waals surface area contributed by atoms with Gasteiger partial charge in [0.05, 0.1) is 11.7 Å². The second-order valence-corrected chi connectivity index (χ2v) is 5.44. The molecule has 0 saturated heterocycles. The van der Waals surface area contributed by atoms with Gasteiger partial charge in [0, 0.05) is 37.7 Å². The van der Waals surface area contributed by atoms with Crippen molar-refractivity contribution in [1.82, 2.24) is 20.1 Å². The van der Waals surface area contributed by atoms with Gasteiger partial charge in [-0.2, -0.15) is 5.10 Å². The van der Waals surface area contributed by atoms with E-state index in [2.05, 4.69) is 15.4 Å². The molecule has 3 rings (SSSR count). The number of aromatic nitrogens is 3. The molecular weight excluding hydrogens is 304 g/mol. The largest absolute Gasteiger partial charge is 0.387 e. The molecule has 0 aliphatic carbocycles. The van der Waals surface area contributed by atoms with Crippen LogP contribution in [-0.2, 0) is 7.05 Å². The van der Waals surface area contributed by atoms with Gasteiger partial charge in [-0.25, -0.2) is 0 Å². The summed E-state index contributed by atoms with van der Waals surface area (Å²) >= 11 is 0. The van der Waals surface area contributed by atoms with Crippen molar-refractivity contribution < 1.29 is 9.90 Å². The molecule has 0 spiro atoms. The zero-order valence-corrected chi connectivity index (χ0v) is 13.3. The number of aliphatic hydroxyl groups is 1. The average molecular weight is 322 g/mol. The molecule has 0 aliphatic rings. The van der Waals surface area contributed by atoms with Crippen LogP contribution in [-0.4, -0.2) is 32.3 Å². The molecule has 3 aromatic rings. The van der Waals surface area contributed by atoms with Crippen molar-refractivity contribution >= 4 is 5.91 Å². The topological polar surface area (TPSA) is 80.0 Å². The van der Waals surface area contributed by atoms with Gasteiger partial charge < -0.3 is 10.4 Å². The van der Waals surface area contributed by atoms with Gasteiger partial charge in [-0.15, -0.1) is 0 Å². The minimum atomic E-state index is -0.784. The van der Waals surface area contributed by atoms with E-state index in [-0.39, 0.29) is 12.5 Å². The number of rotatable bonds is 5. The SMILES string of the molecule is Cn1cc(C(=O)NCC(O)c2ccncc2)c(-c2ccccc2)n1. The Morgan fingerprint density at radius 3 is 2.62 bits per heavy atom. The maximum Gasteiger partial charge on any atom is 0.255 e. The number of nitrogens with one attached hydrogen (secondary N) is 1. The van der Waals surface area contributed by atoms with E-state index in [1.165, 1.54) is 0 Å². The van der Waals surface area contributed by atoms with Gasteiger partial charge >= 0.3 is 0 Å². The number of amides is 1. The number of carbonyl (C=O) groups excluding carboxylic acids is 1. The highest BCUT2D eigenvalue weighted by Crippen LogP contribution is 2.21. The summed E-state index contributed by atoms with van der Waals surface area (Å²) < 4.78 is 1.61. The summed E-state index contributed by atoms with van der Waals surface area (Å²) in [6, 6.07) is 13.0. The van der Waals surface area contributed by atoms with E-state index in [0.717, 1.165) is 5.56 Å². The number of aryl methyl sites for hydroxylation is 1. The molecule has 0 bridgehead atoms. The summed E-state index contributed by atoms with van der Waals surface area (Å²) in [4.78, 5) is 16.4. The monoisotopic (exact) mass is 322 g/mol. The number of benzene rings is 1. The zero-order chi connectivity index (χ0) is 16.9. The predicted octanol–water partition coefficient (Wildman–Crippen LogP) is 1.95. The van der Waals surface area contributed by atoms with Crippen LogP contribution in [0.25, 0.3) is 11.3 Å². The van der Waals surface area contributed by atoms with Crippen LogP contribution in [0.3, 0.4) is 0 Å². The van der Waals surface area contributed by atoms with E-state index >= 15 is 0 Å². The number of hydrogen-bond acceptors (Lipinski definition) is 4. The molecule has 6 heteroatoms. The highest BCUT2D eigenvalue weighted by molar-refractivity contribution is 5.99. The normalized spacial score (nSPS) is 11.9.